The average molecular weight is 311 g/mol. The van der Waals surface area contributed by atoms with Crippen LogP contribution < -0.4 is 0 Å². The van der Waals surface area contributed by atoms with Crippen LogP contribution in [-0.2, 0) is 9.53 Å². The van der Waals surface area contributed by atoms with E-state index in [9.17, 15) is 14.0 Å². The number of alkyl halides is 1. The van der Waals surface area contributed by atoms with Gasteiger partial charge in [0, 0.05) is 17.9 Å². The normalized spacial score (nSPS) is 38.0. The number of halogens is 1. The van der Waals surface area contributed by atoms with Gasteiger partial charge in [0.05, 0.1) is 6.04 Å². The molecule has 2 saturated carbocycles. The van der Waals surface area contributed by atoms with Gasteiger partial charge in [-0.15, -0.1) is 0 Å². The van der Waals surface area contributed by atoms with Crippen molar-refractivity contribution in [1.29, 1.82) is 0 Å². The largest absolute Gasteiger partial charge is 0.444 e. The molecule has 2 saturated heterocycles. The minimum atomic E-state index is -0.965. The van der Waals surface area contributed by atoms with Crippen LogP contribution >= 0.6 is 0 Å². The minimum absolute atomic E-state index is 0.130. The second-order valence-electron chi connectivity index (χ2n) is 8.11. The molecule has 0 aromatic heterocycles. The number of rotatable bonds is 3. The number of hydrogen-bond donors (Lipinski definition) is 0. The standard InChI is InChI=1S/C17H26FNO3/c1-17(2,3)22-16(21)19-13-7-6-11(14(19)9-20)15(18)12(13)8-10-4-5-10/h9-15H,4-8H2,1-3H3/t11-,12+,13-,14+,15-/m0/s1. The van der Waals surface area contributed by atoms with Crippen LogP contribution in [0, 0.1) is 17.8 Å². The van der Waals surface area contributed by atoms with Crippen molar-refractivity contribution in [3.05, 3.63) is 0 Å². The first-order valence-corrected chi connectivity index (χ1v) is 8.42. The lowest BCUT2D eigenvalue weighted by atomic mass is 9.66. The van der Waals surface area contributed by atoms with Gasteiger partial charge in [0.2, 0.25) is 0 Å². The predicted octanol–water partition coefficient (Wildman–Crippen LogP) is 3.34. The molecule has 0 spiro atoms. The number of fused-ring (bicyclic) bond motifs is 3. The van der Waals surface area contributed by atoms with Gasteiger partial charge in [-0.25, -0.2) is 9.18 Å². The van der Waals surface area contributed by atoms with E-state index < -0.39 is 23.9 Å². The summed E-state index contributed by atoms with van der Waals surface area (Å²) >= 11 is 0. The summed E-state index contributed by atoms with van der Waals surface area (Å²) in [4.78, 5) is 25.6. The highest BCUT2D eigenvalue weighted by Crippen LogP contribution is 2.49. The van der Waals surface area contributed by atoms with Crippen molar-refractivity contribution in [3.8, 4) is 0 Å². The lowest BCUT2D eigenvalue weighted by molar-refractivity contribution is -0.134. The Kier molecular flexibility index (Phi) is 3.94. The molecule has 0 N–H and O–H groups in total. The number of hydrogen-bond acceptors (Lipinski definition) is 3. The summed E-state index contributed by atoms with van der Waals surface area (Å²) < 4.78 is 20.3. The molecule has 1 amide bonds. The summed E-state index contributed by atoms with van der Waals surface area (Å²) in [5.74, 6) is 0.117. The number of carbonyl (C=O) groups excluding carboxylic acids is 2. The Morgan fingerprint density at radius 2 is 1.95 bits per heavy atom. The van der Waals surface area contributed by atoms with Crippen LogP contribution in [0.25, 0.3) is 0 Å². The quantitative estimate of drug-likeness (QED) is 0.751. The Bertz CT molecular complexity index is 457. The van der Waals surface area contributed by atoms with Gasteiger partial charge in [0.15, 0.2) is 0 Å². The fourth-order valence-electron chi connectivity index (χ4n) is 4.16. The Morgan fingerprint density at radius 1 is 1.27 bits per heavy atom. The third-order valence-corrected chi connectivity index (χ3v) is 5.27. The zero-order chi connectivity index (χ0) is 16.1. The summed E-state index contributed by atoms with van der Waals surface area (Å²) in [6, 6.07) is -0.857. The van der Waals surface area contributed by atoms with E-state index in [0.717, 1.165) is 19.1 Å². The summed E-state index contributed by atoms with van der Waals surface area (Å²) in [6.07, 6.45) is 3.96. The summed E-state index contributed by atoms with van der Waals surface area (Å²) in [6.45, 7) is 5.42. The first-order valence-electron chi connectivity index (χ1n) is 8.42. The van der Waals surface area contributed by atoms with Crippen LogP contribution in [0.4, 0.5) is 9.18 Å². The summed E-state index contributed by atoms with van der Waals surface area (Å²) in [5.41, 5.74) is -0.609. The van der Waals surface area contributed by atoms with Crippen molar-refractivity contribution in [2.75, 3.05) is 0 Å². The fourth-order valence-corrected chi connectivity index (χ4v) is 4.16. The highest BCUT2D eigenvalue weighted by atomic mass is 19.1. The number of carbonyl (C=O) groups is 2. The molecule has 22 heavy (non-hydrogen) atoms. The molecule has 4 fully saturated rings. The maximum absolute atomic E-state index is 14.8. The van der Waals surface area contributed by atoms with E-state index in [-0.39, 0.29) is 17.9 Å². The topological polar surface area (TPSA) is 46.6 Å². The molecular formula is C17H26FNO3. The molecule has 0 radical (unpaired) electrons. The first kappa shape index (κ1) is 15.8. The lowest BCUT2D eigenvalue weighted by Gasteiger charge is -2.54. The highest BCUT2D eigenvalue weighted by molar-refractivity contribution is 5.75. The average Bonchev–Trinajstić information content (AvgIpc) is 3.23. The van der Waals surface area contributed by atoms with Gasteiger partial charge >= 0.3 is 6.09 Å². The zero-order valence-corrected chi connectivity index (χ0v) is 13.6. The number of aldehydes is 1. The van der Waals surface area contributed by atoms with Gasteiger partial charge in [-0.05, 0) is 46.0 Å². The SMILES string of the molecule is CC(C)(C)OC(=O)N1[C@H](C=O)[C@@H]2CC[C@H]1[C@@H](CC1CC1)[C@H]2F. The molecule has 2 aliphatic carbocycles. The van der Waals surface area contributed by atoms with Crippen molar-refractivity contribution in [2.24, 2.45) is 17.8 Å². The zero-order valence-electron chi connectivity index (χ0n) is 13.6. The van der Waals surface area contributed by atoms with Crippen molar-refractivity contribution in [2.45, 2.75) is 76.7 Å². The Hall–Kier alpha value is -1.13. The third-order valence-electron chi connectivity index (χ3n) is 5.27. The van der Waals surface area contributed by atoms with Crippen LogP contribution in [0.5, 0.6) is 0 Å². The molecular weight excluding hydrogens is 285 g/mol. The van der Waals surface area contributed by atoms with Crippen LogP contribution in [0.1, 0.15) is 52.9 Å². The number of ether oxygens (including phenoxy) is 1. The predicted molar refractivity (Wildman–Crippen MR) is 80.2 cm³/mol. The van der Waals surface area contributed by atoms with Gasteiger partial charge in [0.25, 0.3) is 0 Å². The Balaban J connectivity index is 1.82. The molecule has 0 aromatic carbocycles. The number of amides is 1. The fraction of sp³-hybridized carbons (Fsp3) is 0.882. The molecule has 124 valence electrons. The minimum Gasteiger partial charge on any atom is -0.444 e. The van der Waals surface area contributed by atoms with Crippen LogP contribution in [-0.4, -0.2) is 41.1 Å². The molecule has 4 nitrogen and oxygen atoms in total. The van der Waals surface area contributed by atoms with Crippen molar-refractivity contribution in [1.82, 2.24) is 4.90 Å². The van der Waals surface area contributed by atoms with Crippen molar-refractivity contribution in [3.63, 3.8) is 0 Å². The van der Waals surface area contributed by atoms with E-state index in [1.807, 2.05) is 20.8 Å². The smallest absolute Gasteiger partial charge is 0.411 e. The van der Waals surface area contributed by atoms with Crippen molar-refractivity contribution >= 4 is 12.4 Å². The molecule has 2 bridgehead atoms. The maximum Gasteiger partial charge on any atom is 0.411 e. The lowest BCUT2D eigenvalue weighted by Crippen LogP contribution is -2.66. The van der Waals surface area contributed by atoms with Crippen LogP contribution in [0.2, 0.25) is 0 Å². The summed E-state index contributed by atoms with van der Waals surface area (Å²) in [5, 5.41) is 0. The molecule has 0 unspecified atom stereocenters. The van der Waals surface area contributed by atoms with Crippen LogP contribution in [0.15, 0.2) is 0 Å². The monoisotopic (exact) mass is 311 g/mol. The van der Waals surface area contributed by atoms with E-state index in [1.54, 1.807) is 4.90 Å². The first-order chi connectivity index (χ1) is 10.3. The number of nitrogens with zero attached hydrogens (tertiary/aromatic N) is 1. The Labute approximate surface area is 131 Å². The molecule has 2 aliphatic heterocycles. The highest BCUT2D eigenvalue weighted by Gasteiger charge is 2.56. The second-order valence-corrected chi connectivity index (χ2v) is 8.11. The van der Waals surface area contributed by atoms with E-state index in [2.05, 4.69) is 0 Å². The molecule has 5 heteroatoms. The van der Waals surface area contributed by atoms with Crippen LogP contribution in [0.3, 0.4) is 0 Å². The van der Waals surface area contributed by atoms with Gasteiger partial charge in [-0.1, -0.05) is 12.8 Å². The third kappa shape index (κ3) is 2.86. The summed E-state index contributed by atoms with van der Waals surface area (Å²) in [7, 11) is 0. The van der Waals surface area contributed by atoms with Gasteiger partial charge in [0.1, 0.15) is 18.1 Å². The molecule has 5 atom stereocenters. The van der Waals surface area contributed by atoms with Crippen molar-refractivity contribution < 1.29 is 18.7 Å². The van der Waals surface area contributed by atoms with E-state index >= 15 is 0 Å². The molecule has 0 aromatic rings. The van der Waals surface area contributed by atoms with Gasteiger partial charge < -0.3 is 9.53 Å². The second kappa shape index (κ2) is 5.50. The molecule has 4 aliphatic rings. The van der Waals surface area contributed by atoms with E-state index in [0.29, 0.717) is 12.3 Å². The Morgan fingerprint density at radius 3 is 2.50 bits per heavy atom. The van der Waals surface area contributed by atoms with E-state index in [4.69, 9.17) is 4.74 Å². The molecule has 2 heterocycles. The van der Waals surface area contributed by atoms with Gasteiger partial charge in [-0.3, -0.25) is 4.90 Å². The number of piperidine rings is 2. The van der Waals surface area contributed by atoms with Gasteiger partial charge in [-0.2, -0.15) is 0 Å². The molecule has 4 rings (SSSR count). The maximum atomic E-state index is 14.8. The van der Waals surface area contributed by atoms with E-state index in [1.165, 1.54) is 12.8 Å².